The number of H-pyrrole nitrogens is 2. The third kappa shape index (κ3) is 8.71. The summed E-state index contributed by atoms with van der Waals surface area (Å²) in [6.07, 6.45) is 28.2. The number of carbonyl (C=O) groups excluding carboxylic acids is 2. The summed E-state index contributed by atoms with van der Waals surface area (Å²) in [6.45, 7) is 7.85. The fourth-order valence-corrected chi connectivity index (χ4v) is 17.3. The van der Waals surface area contributed by atoms with Gasteiger partial charge in [0, 0.05) is 147 Å². The van der Waals surface area contributed by atoms with E-state index in [-0.39, 0.29) is 22.9 Å². The summed E-state index contributed by atoms with van der Waals surface area (Å²) in [7, 11) is 11.5. The summed E-state index contributed by atoms with van der Waals surface area (Å²) in [5.41, 5.74) is 14.2. The lowest BCUT2D eigenvalue weighted by Gasteiger charge is -2.51. The van der Waals surface area contributed by atoms with E-state index in [1.54, 1.807) is 0 Å². The van der Waals surface area contributed by atoms with Gasteiger partial charge in [0.2, 0.25) is 11.8 Å². The highest BCUT2D eigenvalue weighted by Gasteiger charge is 2.57. The lowest BCUT2D eigenvalue weighted by molar-refractivity contribution is -0.126. The number of fused-ring (bicyclic) bond motifs is 10. The largest absolute Gasteiger partial charge is 0.339 e. The Bertz CT molecular complexity index is 4310. The van der Waals surface area contributed by atoms with E-state index in [1.807, 2.05) is 120 Å². The van der Waals surface area contributed by atoms with Crippen LogP contribution in [0.15, 0.2) is 86.0 Å². The number of carbonyl (C=O) groups is 2. The maximum absolute atomic E-state index is 14.4. The van der Waals surface area contributed by atoms with Crippen molar-refractivity contribution in [3.8, 4) is 56.9 Å². The Kier molecular flexibility index (Phi) is 13.6. The van der Waals surface area contributed by atoms with Crippen molar-refractivity contribution in [3.05, 3.63) is 97.1 Å². The molecule has 90 heavy (non-hydrogen) atoms. The summed E-state index contributed by atoms with van der Waals surface area (Å²) in [5.74, 6) is 1.71. The zero-order valence-electron chi connectivity index (χ0n) is 52.9. The highest BCUT2D eigenvalue weighted by molar-refractivity contribution is 6.18. The van der Waals surface area contributed by atoms with Gasteiger partial charge in [0.1, 0.15) is 11.3 Å². The molecule has 20 heteroatoms. The number of hydrogen-bond acceptors (Lipinski definition) is 12. The summed E-state index contributed by atoms with van der Waals surface area (Å²) >= 11 is 0. The molecule has 2 spiro atoms. The topological polar surface area (TPSA) is 223 Å². The quantitative estimate of drug-likeness (QED) is 0.145. The van der Waals surface area contributed by atoms with Crippen LogP contribution in [-0.2, 0) is 48.6 Å². The van der Waals surface area contributed by atoms with Crippen LogP contribution in [0.3, 0.4) is 0 Å². The highest BCUT2D eigenvalue weighted by Crippen LogP contribution is 2.57. The number of aromatic nitrogens is 12. The van der Waals surface area contributed by atoms with E-state index in [0.29, 0.717) is 24.7 Å². The van der Waals surface area contributed by atoms with Crippen LogP contribution in [0.4, 0.5) is 11.4 Å². The normalized spacial score (nSPS) is 23.3. The molecule has 12 heterocycles. The molecule has 0 atom stereocenters. The Balaban J connectivity index is 0.000000150. The Labute approximate surface area is 523 Å². The lowest BCUT2D eigenvalue weighted by atomic mass is 9.69. The number of nitriles is 2. The first-order chi connectivity index (χ1) is 43.5. The van der Waals surface area contributed by atoms with Gasteiger partial charge in [0.15, 0.2) is 0 Å². The summed E-state index contributed by atoms with van der Waals surface area (Å²) in [4.78, 5) is 54.7. The summed E-state index contributed by atoms with van der Waals surface area (Å²) in [5, 5.41) is 41.8. The molecule has 2 saturated heterocycles. The van der Waals surface area contributed by atoms with Crippen LogP contribution in [-0.4, -0.2) is 132 Å². The van der Waals surface area contributed by atoms with Crippen molar-refractivity contribution in [1.29, 1.82) is 10.5 Å². The highest BCUT2D eigenvalue weighted by atomic mass is 16.2. The number of aryl methyl sites for hydroxylation is 4. The van der Waals surface area contributed by atoms with Crippen molar-refractivity contribution in [3.63, 3.8) is 0 Å². The van der Waals surface area contributed by atoms with Crippen molar-refractivity contribution in [2.24, 2.45) is 40.0 Å². The molecule has 4 fully saturated rings. The van der Waals surface area contributed by atoms with Gasteiger partial charge in [-0.1, -0.05) is 26.0 Å². The Morgan fingerprint density at radius 1 is 0.511 bits per heavy atom. The lowest BCUT2D eigenvalue weighted by Crippen LogP contribution is -2.57. The fraction of sp³-hybridized carbons (Fsp3) is 0.457. The van der Waals surface area contributed by atoms with Crippen LogP contribution in [0.5, 0.6) is 0 Å². The molecule has 2 aromatic carbocycles. The molecule has 8 aromatic heterocycles. The fourth-order valence-electron chi connectivity index (χ4n) is 17.3. The standard InChI is InChI=1S/2C35H39N9O/c2*1-22-7-9-34(10-8-22,11-14-36)44-15-12-35(13-16-44)30-27(42(3)33(35)45)20-37-32-29(30)28(31(40-32)25-19-38-41(2)21-25)23-5-6-26-24(17-23)18-39-43(26)4/h2*5-6,17-22H,7-13,15-16H2,1-4H3,(H,37,40). The van der Waals surface area contributed by atoms with Crippen LogP contribution >= 0.6 is 0 Å². The maximum atomic E-state index is 14.4. The number of piperidine rings is 2. The van der Waals surface area contributed by atoms with E-state index >= 15 is 0 Å². The average molecular weight is 1200 g/mol. The first-order valence-electron chi connectivity index (χ1n) is 32.2. The molecule has 2 amide bonds. The second-order valence-corrected chi connectivity index (χ2v) is 27.5. The molecular formula is C70H78N18O2. The van der Waals surface area contributed by atoms with Crippen LogP contribution < -0.4 is 9.80 Å². The molecule has 460 valence electrons. The number of anilines is 2. The zero-order chi connectivity index (χ0) is 62.2. The van der Waals surface area contributed by atoms with Crippen molar-refractivity contribution in [2.45, 2.75) is 126 Å². The Morgan fingerprint density at radius 2 is 0.900 bits per heavy atom. The number of nitrogens with one attached hydrogen (secondary N) is 2. The summed E-state index contributed by atoms with van der Waals surface area (Å²) < 4.78 is 7.39. The van der Waals surface area contributed by atoms with Crippen LogP contribution in [0.2, 0.25) is 0 Å². The van der Waals surface area contributed by atoms with E-state index in [9.17, 15) is 20.1 Å². The van der Waals surface area contributed by atoms with Crippen molar-refractivity contribution < 1.29 is 9.59 Å². The molecule has 6 aliphatic rings. The van der Waals surface area contributed by atoms with Crippen LogP contribution in [0.1, 0.15) is 115 Å². The van der Waals surface area contributed by atoms with Gasteiger partial charge < -0.3 is 19.8 Å². The van der Waals surface area contributed by atoms with Gasteiger partial charge in [-0.25, -0.2) is 9.97 Å². The number of aromatic amines is 2. The Morgan fingerprint density at radius 3 is 1.26 bits per heavy atom. The summed E-state index contributed by atoms with van der Waals surface area (Å²) in [6, 6.07) is 18.0. The number of amides is 2. The van der Waals surface area contributed by atoms with Crippen molar-refractivity contribution in [1.82, 2.24) is 68.9 Å². The predicted octanol–water partition coefficient (Wildman–Crippen LogP) is 11.4. The number of likely N-dealkylation sites (N-methyl/N-ethyl adjacent to an activating group) is 2. The second-order valence-electron chi connectivity index (χ2n) is 27.5. The van der Waals surface area contributed by atoms with Gasteiger partial charge >= 0.3 is 0 Å². The van der Waals surface area contributed by atoms with E-state index in [4.69, 9.17) is 9.97 Å². The second kappa shape index (κ2) is 21.3. The molecule has 0 bridgehead atoms. The molecule has 20 nitrogen and oxygen atoms in total. The number of nitrogens with zero attached hydrogens (tertiary/aromatic N) is 16. The molecule has 0 radical (unpaired) electrons. The minimum atomic E-state index is -0.654. The average Bonchev–Trinajstić information content (AvgIpc) is 1.54. The van der Waals surface area contributed by atoms with Gasteiger partial charge in [-0.15, -0.1) is 0 Å². The smallest absolute Gasteiger partial charge is 0.237 e. The molecule has 4 aliphatic heterocycles. The first kappa shape index (κ1) is 57.5. The third-order valence-electron chi connectivity index (χ3n) is 22.6. The zero-order valence-corrected chi connectivity index (χ0v) is 52.9. The van der Waals surface area contributed by atoms with Gasteiger partial charge in [-0.3, -0.25) is 38.1 Å². The SMILES string of the molecule is CC1CCC(CC#N)(N2CCC3(CC2)C(=O)N(C)c2cnc4[nH]c(-c5cnn(C)c5)c(-c5ccc6c(cnn6C)c5)c4c23)CC1.CC1CCC(CC#N)(N2CCC3(CC2)C(=O)N(C)c2cnc4[nH]c(-c5cnn(C)c5)c(-c5ccc6c(cnn6C)c5)c4c23)CC1. The monoisotopic (exact) mass is 1200 g/mol. The van der Waals surface area contributed by atoms with Gasteiger partial charge in [-0.05, 0) is 124 Å². The predicted molar refractivity (Wildman–Crippen MR) is 349 cm³/mol. The minimum Gasteiger partial charge on any atom is -0.339 e. The molecule has 2 saturated carbocycles. The first-order valence-corrected chi connectivity index (χ1v) is 32.2. The van der Waals surface area contributed by atoms with E-state index < -0.39 is 10.8 Å². The molecule has 2 N–H and O–H groups in total. The number of likely N-dealkylation sites (tertiary alicyclic amines) is 2. The molecular weight excluding hydrogens is 1120 g/mol. The van der Waals surface area contributed by atoms with Gasteiger partial charge in [0.25, 0.3) is 0 Å². The molecule has 2 aliphatic carbocycles. The third-order valence-corrected chi connectivity index (χ3v) is 22.6. The van der Waals surface area contributed by atoms with Crippen LogP contribution in [0.25, 0.3) is 88.6 Å². The number of pyridine rings is 2. The van der Waals surface area contributed by atoms with E-state index in [0.717, 1.165) is 214 Å². The number of benzene rings is 2. The molecule has 16 rings (SSSR count). The van der Waals surface area contributed by atoms with E-state index in [2.05, 4.69) is 103 Å². The molecule has 10 aromatic rings. The maximum Gasteiger partial charge on any atom is 0.237 e. The van der Waals surface area contributed by atoms with E-state index in [1.165, 1.54) is 0 Å². The van der Waals surface area contributed by atoms with Gasteiger partial charge in [0.05, 0.1) is 107 Å². The van der Waals surface area contributed by atoms with Gasteiger partial charge in [-0.2, -0.15) is 30.9 Å². The molecule has 0 unspecified atom stereocenters. The minimum absolute atomic E-state index is 0.0847. The van der Waals surface area contributed by atoms with Crippen molar-refractivity contribution >= 4 is 67.1 Å². The van der Waals surface area contributed by atoms with Crippen LogP contribution in [0, 0.1) is 34.5 Å². The van der Waals surface area contributed by atoms with Crippen molar-refractivity contribution in [2.75, 3.05) is 50.1 Å². The Hall–Kier alpha value is -8.98. The number of rotatable bonds is 8. The number of hydrogen-bond donors (Lipinski definition) is 2.